The van der Waals surface area contributed by atoms with Gasteiger partial charge in [0.2, 0.25) is 0 Å². The molecule has 1 saturated carbocycles. The van der Waals surface area contributed by atoms with Gasteiger partial charge in [-0.05, 0) is 38.3 Å². The van der Waals surface area contributed by atoms with E-state index in [1.165, 1.54) is 6.07 Å². The first-order chi connectivity index (χ1) is 12.6. The van der Waals surface area contributed by atoms with Crippen LogP contribution in [0.3, 0.4) is 0 Å². The summed E-state index contributed by atoms with van der Waals surface area (Å²) in [6.07, 6.45) is 2.43. The molecule has 1 aromatic carbocycles. The number of rotatable bonds is 7. The molecular weight excluding hydrogens is 484 g/mol. The Hall–Kier alpha value is -0.640. The summed E-state index contributed by atoms with van der Waals surface area (Å²) in [5.74, 6) is 0.532. The Morgan fingerprint density at radius 2 is 2.30 bits per heavy atom. The second kappa shape index (κ2) is 10.2. The average molecular weight is 512 g/mol. The topological polar surface area (TPSA) is 65.9 Å². The number of benzene rings is 1. The van der Waals surface area contributed by atoms with Crippen LogP contribution in [0.5, 0.6) is 0 Å². The third kappa shape index (κ3) is 5.68. The van der Waals surface area contributed by atoms with Crippen molar-refractivity contribution in [3.05, 3.63) is 34.6 Å². The summed E-state index contributed by atoms with van der Waals surface area (Å²) in [4.78, 5) is 4.72. The molecule has 1 aromatic rings. The van der Waals surface area contributed by atoms with Gasteiger partial charge in [0, 0.05) is 47.7 Å². The highest BCUT2D eigenvalue weighted by Crippen LogP contribution is 2.44. The zero-order valence-electron chi connectivity index (χ0n) is 15.5. The van der Waals surface area contributed by atoms with E-state index < -0.39 is 0 Å². The Morgan fingerprint density at radius 3 is 2.93 bits per heavy atom. The first-order valence-corrected chi connectivity index (χ1v) is 9.64. The molecule has 1 aliphatic heterocycles. The van der Waals surface area contributed by atoms with Crippen LogP contribution >= 0.6 is 35.6 Å². The summed E-state index contributed by atoms with van der Waals surface area (Å²) in [7, 11) is 0. The van der Waals surface area contributed by atoms with E-state index in [0.717, 1.165) is 32.0 Å². The van der Waals surface area contributed by atoms with Gasteiger partial charge in [-0.1, -0.05) is 17.7 Å². The molecule has 2 aliphatic rings. The summed E-state index contributed by atoms with van der Waals surface area (Å²) in [6.45, 7) is 4.84. The van der Waals surface area contributed by atoms with Crippen molar-refractivity contribution in [1.29, 1.82) is 0 Å². The number of hydrogen-bond acceptors (Lipinski definition) is 3. The smallest absolute Gasteiger partial charge is 0.191 e. The van der Waals surface area contributed by atoms with Crippen molar-refractivity contribution in [2.45, 2.75) is 38.1 Å². The van der Waals surface area contributed by atoms with E-state index >= 15 is 0 Å². The van der Waals surface area contributed by atoms with Gasteiger partial charge in [0.15, 0.2) is 5.96 Å². The van der Waals surface area contributed by atoms with Crippen LogP contribution in [0.1, 0.15) is 37.7 Å². The Bertz CT molecular complexity index is 636. The molecule has 1 saturated heterocycles. The molecule has 1 aliphatic carbocycles. The molecule has 0 aromatic heterocycles. The highest BCUT2D eigenvalue weighted by Gasteiger charge is 2.42. The first-order valence-electron chi connectivity index (χ1n) is 9.26. The lowest BCUT2D eigenvalue weighted by Gasteiger charge is -2.25. The molecule has 0 spiro atoms. The number of nitrogens with one attached hydrogen (secondary N) is 2. The lowest BCUT2D eigenvalue weighted by atomic mass is 9.84. The zero-order valence-corrected chi connectivity index (χ0v) is 18.6. The second-order valence-electron chi connectivity index (χ2n) is 7.20. The number of hydrogen-bond donors (Lipinski definition) is 3. The van der Waals surface area contributed by atoms with Crippen LogP contribution in [-0.2, 0) is 4.74 Å². The number of aliphatic hydroxyl groups is 1. The van der Waals surface area contributed by atoms with E-state index in [1.54, 1.807) is 12.1 Å². The van der Waals surface area contributed by atoms with Gasteiger partial charge in [-0.2, -0.15) is 0 Å². The van der Waals surface area contributed by atoms with Gasteiger partial charge in [0.05, 0.1) is 13.2 Å². The molecule has 152 valence electrons. The Kier molecular flexibility index (Phi) is 8.58. The van der Waals surface area contributed by atoms with Crippen molar-refractivity contribution < 1.29 is 14.2 Å². The molecule has 1 heterocycles. The fourth-order valence-electron chi connectivity index (χ4n) is 3.57. The predicted octanol–water partition coefficient (Wildman–Crippen LogP) is 3.30. The lowest BCUT2D eigenvalue weighted by molar-refractivity contribution is 0.131. The van der Waals surface area contributed by atoms with E-state index in [0.29, 0.717) is 30.2 Å². The number of ether oxygens (including phenoxy) is 1. The number of aliphatic hydroxyl groups excluding tert-OH is 1. The van der Waals surface area contributed by atoms with Gasteiger partial charge in [0.25, 0.3) is 0 Å². The van der Waals surface area contributed by atoms with Gasteiger partial charge in [-0.3, -0.25) is 4.99 Å². The van der Waals surface area contributed by atoms with Crippen molar-refractivity contribution in [3.8, 4) is 0 Å². The molecule has 3 unspecified atom stereocenters. The Labute approximate surface area is 182 Å². The standard InChI is InChI=1S/C19H27ClFN3O2.HI/c1-2-22-18(23-11-19(6-8-25)7-9-26-12-19)24-16-10-13(16)17-14(20)4-3-5-15(17)21;/h3-5,13,16,25H,2,6-12H2,1H3,(H2,22,23,24);1H. The van der Waals surface area contributed by atoms with Crippen molar-refractivity contribution in [1.82, 2.24) is 10.6 Å². The van der Waals surface area contributed by atoms with E-state index in [-0.39, 0.29) is 53.8 Å². The molecule has 3 rings (SSSR count). The maximum Gasteiger partial charge on any atom is 0.191 e. The molecule has 3 N–H and O–H groups in total. The maximum atomic E-state index is 14.1. The third-order valence-corrected chi connectivity index (χ3v) is 5.56. The largest absolute Gasteiger partial charge is 0.396 e. The van der Waals surface area contributed by atoms with Gasteiger partial charge < -0.3 is 20.5 Å². The Morgan fingerprint density at radius 1 is 1.48 bits per heavy atom. The van der Waals surface area contributed by atoms with Gasteiger partial charge in [-0.15, -0.1) is 24.0 Å². The van der Waals surface area contributed by atoms with Crippen LogP contribution in [0.2, 0.25) is 5.02 Å². The van der Waals surface area contributed by atoms with Crippen LogP contribution < -0.4 is 10.6 Å². The molecule has 0 bridgehead atoms. The summed E-state index contributed by atoms with van der Waals surface area (Å²) >= 11 is 6.18. The van der Waals surface area contributed by atoms with Crippen molar-refractivity contribution in [2.75, 3.05) is 32.9 Å². The highest BCUT2D eigenvalue weighted by atomic mass is 127. The molecule has 3 atom stereocenters. The Balaban J connectivity index is 0.00000261. The molecular formula is C19H28ClFIN3O2. The molecule has 0 amide bonds. The van der Waals surface area contributed by atoms with Crippen LogP contribution in [0, 0.1) is 11.2 Å². The predicted molar refractivity (Wildman–Crippen MR) is 117 cm³/mol. The van der Waals surface area contributed by atoms with Crippen molar-refractivity contribution >= 4 is 41.5 Å². The van der Waals surface area contributed by atoms with Gasteiger partial charge in [0.1, 0.15) is 5.82 Å². The average Bonchev–Trinajstić information content (AvgIpc) is 3.19. The minimum atomic E-state index is -0.251. The molecule has 0 radical (unpaired) electrons. The number of nitrogens with zero attached hydrogens (tertiary/aromatic N) is 1. The monoisotopic (exact) mass is 511 g/mol. The molecule has 8 heteroatoms. The SMILES string of the molecule is CCNC(=NCC1(CCO)CCOC1)NC1CC1c1c(F)cccc1Cl.I. The molecule has 2 fully saturated rings. The first kappa shape index (κ1) is 22.6. The zero-order chi connectivity index (χ0) is 18.6. The fraction of sp³-hybridized carbons (Fsp3) is 0.632. The summed E-state index contributed by atoms with van der Waals surface area (Å²) < 4.78 is 19.6. The van der Waals surface area contributed by atoms with E-state index in [9.17, 15) is 9.50 Å². The van der Waals surface area contributed by atoms with Gasteiger partial charge in [-0.25, -0.2) is 4.39 Å². The third-order valence-electron chi connectivity index (χ3n) is 5.23. The summed E-state index contributed by atoms with van der Waals surface area (Å²) in [6, 6.07) is 4.93. The molecule has 27 heavy (non-hydrogen) atoms. The fourth-order valence-corrected chi connectivity index (χ4v) is 3.87. The van der Waals surface area contributed by atoms with Gasteiger partial charge >= 0.3 is 0 Å². The van der Waals surface area contributed by atoms with Crippen molar-refractivity contribution in [3.63, 3.8) is 0 Å². The highest BCUT2D eigenvalue weighted by molar-refractivity contribution is 14.0. The second-order valence-corrected chi connectivity index (χ2v) is 7.61. The van der Waals surface area contributed by atoms with Crippen molar-refractivity contribution in [2.24, 2.45) is 10.4 Å². The van der Waals surface area contributed by atoms with Crippen LogP contribution in [0.25, 0.3) is 0 Å². The van der Waals surface area contributed by atoms with Crippen LogP contribution in [0.15, 0.2) is 23.2 Å². The molecule has 5 nitrogen and oxygen atoms in total. The minimum absolute atomic E-state index is 0. The maximum absolute atomic E-state index is 14.1. The summed E-state index contributed by atoms with van der Waals surface area (Å²) in [5.41, 5.74) is 0.498. The number of halogens is 3. The number of aliphatic imine (C=N–C) groups is 1. The quantitative estimate of drug-likeness (QED) is 0.299. The normalized spacial score (nSPS) is 27.2. The van der Waals surface area contributed by atoms with Crippen LogP contribution in [-0.4, -0.2) is 50.0 Å². The van der Waals surface area contributed by atoms with E-state index in [2.05, 4.69) is 10.6 Å². The lowest BCUT2D eigenvalue weighted by Crippen LogP contribution is -2.40. The number of guanidine groups is 1. The summed E-state index contributed by atoms with van der Waals surface area (Å²) in [5, 5.41) is 16.5. The van der Waals surface area contributed by atoms with Crippen LogP contribution in [0.4, 0.5) is 4.39 Å². The van der Waals surface area contributed by atoms with E-state index in [4.69, 9.17) is 21.3 Å². The van der Waals surface area contributed by atoms with E-state index in [1.807, 2.05) is 6.92 Å². The minimum Gasteiger partial charge on any atom is -0.396 e.